The molecule has 2 atom stereocenters. The molecular weight excluding hydrogens is 929 g/mol. The molecule has 366 valence electrons. The van der Waals surface area contributed by atoms with Crippen LogP contribution < -0.4 is 0 Å². The minimum absolute atomic E-state index is 0.570. The molecular formula is C68H54N8. The molecule has 0 amide bonds. The quantitative estimate of drug-likeness (QED) is 0.114. The molecule has 0 spiro atoms. The second kappa shape index (κ2) is 19.8. The van der Waals surface area contributed by atoms with Gasteiger partial charge in [-0.1, -0.05) is 216 Å². The number of aromatic nitrogens is 8. The zero-order valence-electron chi connectivity index (χ0n) is 42.7. The van der Waals surface area contributed by atoms with Crippen LogP contribution in [0.1, 0.15) is 39.2 Å². The van der Waals surface area contributed by atoms with Crippen LogP contribution in [-0.2, 0) is 6.42 Å². The summed E-state index contributed by atoms with van der Waals surface area (Å²) in [5.74, 6) is 4.90. The minimum Gasteiger partial charge on any atom is -0.309 e. The Morgan fingerprint density at radius 3 is 1.43 bits per heavy atom. The lowest BCUT2D eigenvalue weighted by Gasteiger charge is -2.21. The highest BCUT2D eigenvalue weighted by Crippen LogP contribution is 2.43. The summed E-state index contributed by atoms with van der Waals surface area (Å²) in [4.78, 5) is 31.5. The van der Waals surface area contributed by atoms with Crippen LogP contribution in [0.5, 0.6) is 0 Å². The first kappa shape index (κ1) is 46.4. The van der Waals surface area contributed by atoms with Gasteiger partial charge in [-0.3, -0.25) is 4.57 Å². The molecule has 8 nitrogen and oxygen atoms in total. The van der Waals surface area contributed by atoms with Crippen LogP contribution in [-0.4, -0.2) is 39.0 Å². The van der Waals surface area contributed by atoms with E-state index in [0.717, 1.165) is 101 Å². The van der Waals surface area contributed by atoms with E-state index in [2.05, 4.69) is 206 Å². The Hall–Kier alpha value is -9.40. The SMILES string of the molecule is CCC(C)C(CC)Cc1cccc(-c2nc(-c3ccccc3)nc(-n3c4ccccc4c4c5c6ccccc6n(-c6cccc(-c7nc(-c8ccccc8)nc(-c8ccccc8-c8ccccc8)n7)c6)c5ccc43)n2)c1. The van der Waals surface area contributed by atoms with E-state index in [9.17, 15) is 0 Å². The lowest BCUT2D eigenvalue weighted by atomic mass is 9.84. The Bertz CT molecular complexity index is 4260. The fourth-order valence-electron chi connectivity index (χ4n) is 11.2. The van der Waals surface area contributed by atoms with Gasteiger partial charge in [0.05, 0.1) is 22.1 Å². The van der Waals surface area contributed by atoms with Crippen LogP contribution >= 0.6 is 0 Å². The van der Waals surface area contributed by atoms with Gasteiger partial charge in [-0.15, -0.1) is 0 Å². The molecule has 0 N–H and O–H groups in total. The number of para-hydroxylation sites is 2. The van der Waals surface area contributed by atoms with Gasteiger partial charge in [0.2, 0.25) is 5.95 Å². The third-order valence-corrected chi connectivity index (χ3v) is 15.3. The lowest BCUT2D eigenvalue weighted by molar-refractivity contribution is 0.336. The molecule has 8 heteroatoms. The molecule has 13 aromatic rings. The van der Waals surface area contributed by atoms with E-state index in [1.165, 1.54) is 12.0 Å². The number of benzene rings is 9. The fourth-order valence-corrected chi connectivity index (χ4v) is 11.2. The first-order chi connectivity index (χ1) is 37.5. The number of fused-ring (bicyclic) bond motifs is 7. The average molecular weight is 983 g/mol. The van der Waals surface area contributed by atoms with Crippen LogP contribution in [0, 0.1) is 11.8 Å². The van der Waals surface area contributed by atoms with Crippen LogP contribution in [0.15, 0.2) is 224 Å². The largest absolute Gasteiger partial charge is 0.309 e. The molecule has 4 heterocycles. The van der Waals surface area contributed by atoms with Crippen molar-refractivity contribution in [3.05, 3.63) is 230 Å². The van der Waals surface area contributed by atoms with Crippen molar-refractivity contribution in [2.24, 2.45) is 11.8 Å². The Morgan fingerprint density at radius 1 is 0.355 bits per heavy atom. The molecule has 0 saturated carbocycles. The monoisotopic (exact) mass is 982 g/mol. The Kier molecular flexibility index (Phi) is 12.1. The summed E-state index contributed by atoms with van der Waals surface area (Å²) in [6.07, 6.45) is 3.32. The highest BCUT2D eigenvalue weighted by molar-refractivity contribution is 6.28. The topological polar surface area (TPSA) is 87.2 Å². The van der Waals surface area contributed by atoms with E-state index in [0.29, 0.717) is 46.9 Å². The fraction of sp³-hybridized carbons (Fsp3) is 0.118. The van der Waals surface area contributed by atoms with Gasteiger partial charge in [0.25, 0.3) is 0 Å². The smallest absolute Gasteiger partial charge is 0.238 e. The molecule has 0 aliphatic heterocycles. The van der Waals surface area contributed by atoms with Gasteiger partial charge >= 0.3 is 0 Å². The predicted molar refractivity (Wildman–Crippen MR) is 311 cm³/mol. The lowest BCUT2D eigenvalue weighted by Crippen LogP contribution is -2.13. The third kappa shape index (κ3) is 8.38. The Morgan fingerprint density at radius 2 is 0.816 bits per heavy atom. The van der Waals surface area contributed by atoms with Gasteiger partial charge in [0.1, 0.15) is 0 Å². The number of hydrogen-bond acceptors (Lipinski definition) is 6. The highest BCUT2D eigenvalue weighted by Gasteiger charge is 2.24. The normalized spacial score (nSPS) is 12.5. The van der Waals surface area contributed by atoms with Gasteiger partial charge < -0.3 is 4.57 Å². The first-order valence-electron chi connectivity index (χ1n) is 26.4. The second-order valence-electron chi connectivity index (χ2n) is 19.8. The first-order valence-corrected chi connectivity index (χ1v) is 26.4. The average Bonchev–Trinajstić information content (AvgIpc) is 4.18. The van der Waals surface area contributed by atoms with E-state index >= 15 is 0 Å². The van der Waals surface area contributed by atoms with E-state index in [-0.39, 0.29) is 0 Å². The molecule has 0 radical (unpaired) electrons. The van der Waals surface area contributed by atoms with Crippen LogP contribution in [0.3, 0.4) is 0 Å². The van der Waals surface area contributed by atoms with Gasteiger partial charge in [-0.25, -0.2) is 19.9 Å². The number of rotatable bonds is 13. The summed E-state index contributed by atoms with van der Waals surface area (Å²) < 4.78 is 4.60. The zero-order chi connectivity index (χ0) is 51.1. The van der Waals surface area contributed by atoms with Crippen molar-refractivity contribution < 1.29 is 0 Å². The molecule has 0 aliphatic rings. The number of hydrogen-bond donors (Lipinski definition) is 0. The van der Waals surface area contributed by atoms with E-state index in [1.807, 2.05) is 48.5 Å². The standard InChI is InChI=1S/C68H54N8/c1-4-44(3)46(5-2)41-45-23-21-30-50(42-45)66-70-64(49-28-13-8-14-29-49)73-68(74-66)76-58-38-20-18-36-56(58)62-60(76)40-39-59-61(62)55-35-17-19-37-57(55)75(59)52-32-22-31-51(43-52)65-69-63(48-26-11-7-12-27-48)71-67(72-65)54-34-16-15-33-53(54)47-24-9-6-10-25-47/h6-40,42-44,46H,4-5,41H2,1-3H3. The van der Waals surface area contributed by atoms with Crippen molar-refractivity contribution in [2.75, 3.05) is 0 Å². The molecule has 0 fully saturated rings. The molecule has 13 rings (SSSR count). The van der Waals surface area contributed by atoms with Gasteiger partial charge in [-0.05, 0) is 77.4 Å². The summed E-state index contributed by atoms with van der Waals surface area (Å²) in [5, 5.41) is 4.54. The molecule has 0 aliphatic carbocycles. The van der Waals surface area contributed by atoms with Crippen LogP contribution in [0.25, 0.3) is 123 Å². The van der Waals surface area contributed by atoms with Crippen molar-refractivity contribution in [3.8, 4) is 79.7 Å². The van der Waals surface area contributed by atoms with Gasteiger partial charge in [-0.2, -0.15) is 9.97 Å². The zero-order valence-corrected chi connectivity index (χ0v) is 42.7. The second-order valence-corrected chi connectivity index (χ2v) is 19.8. The molecule has 2 unspecified atom stereocenters. The minimum atomic E-state index is 0.570. The summed E-state index contributed by atoms with van der Waals surface area (Å²) in [5.41, 5.74) is 13.3. The van der Waals surface area contributed by atoms with Crippen LogP contribution in [0.4, 0.5) is 0 Å². The Labute approximate surface area is 442 Å². The summed E-state index contributed by atoms with van der Waals surface area (Å²) >= 11 is 0. The molecule has 76 heavy (non-hydrogen) atoms. The van der Waals surface area contributed by atoms with Crippen LogP contribution in [0.2, 0.25) is 0 Å². The molecule has 0 bridgehead atoms. The summed E-state index contributed by atoms with van der Waals surface area (Å²) in [7, 11) is 0. The highest BCUT2D eigenvalue weighted by atomic mass is 15.2. The van der Waals surface area contributed by atoms with E-state index in [1.54, 1.807) is 0 Å². The van der Waals surface area contributed by atoms with Crippen molar-refractivity contribution in [1.29, 1.82) is 0 Å². The maximum Gasteiger partial charge on any atom is 0.238 e. The maximum atomic E-state index is 5.39. The van der Waals surface area contributed by atoms with Crippen molar-refractivity contribution in [3.63, 3.8) is 0 Å². The van der Waals surface area contributed by atoms with Crippen molar-refractivity contribution in [2.45, 2.75) is 40.0 Å². The van der Waals surface area contributed by atoms with Crippen molar-refractivity contribution >= 4 is 43.6 Å². The predicted octanol–water partition coefficient (Wildman–Crippen LogP) is 16.9. The van der Waals surface area contributed by atoms with Gasteiger partial charge in [0, 0.05) is 55.0 Å². The van der Waals surface area contributed by atoms with Gasteiger partial charge in [0.15, 0.2) is 29.1 Å². The maximum absolute atomic E-state index is 5.39. The Balaban J connectivity index is 0.986. The van der Waals surface area contributed by atoms with Crippen molar-refractivity contribution in [1.82, 2.24) is 39.0 Å². The van der Waals surface area contributed by atoms with E-state index in [4.69, 9.17) is 29.9 Å². The molecule has 0 saturated heterocycles. The molecule has 9 aromatic carbocycles. The summed E-state index contributed by atoms with van der Waals surface area (Å²) in [6, 6.07) is 78.4. The molecule has 4 aromatic heterocycles. The number of nitrogens with zero attached hydrogens (tertiary/aromatic N) is 8. The third-order valence-electron chi connectivity index (χ3n) is 15.3. The summed E-state index contributed by atoms with van der Waals surface area (Å²) in [6.45, 7) is 6.98. The van der Waals surface area contributed by atoms with E-state index < -0.39 is 0 Å².